The van der Waals surface area contributed by atoms with Gasteiger partial charge in [-0.05, 0) is 68.3 Å². The molecular weight excluding hydrogens is 486 g/mol. The maximum Gasteiger partial charge on any atom is 0.323 e. The number of aromatic nitrogens is 3. The molecule has 196 valence electrons. The number of para-hydroxylation sites is 1. The van der Waals surface area contributed by atoms with Crippen molar-refractivity contribution in [2.45, 2.75) is 33.4 Å². The molecular formula is C32H31N5O2. The van der Waals surface area contributed by atoms with E-state index in [2.05, 4.69) is 47.3 Å². The van der Waals surface area contributed by atoms with Gasteiger partial charge in [-0.2, -0.15) is 5.10 Å². The number of ether oxygens (including phenoxy) is 1. The number of amides is 2. The first-order chi connectivity index (χ1) is 18.9. The van der Waals surface area contributed by atoms with E-state index in [-0.39, 0.29) is 12.1 Å². The lowest BCUT2D eigenvalue weighted by atomic mass is 10.00. The zero-order chi connectivity index (χ0) is 27.1. The maximum absolute atomic E-state index is 14.2. The smallest absolute Gasteiger partial charge is 0.323 e. The van der Waals surface area contributed by atoms with Gasteiger partial charge in [0.25, 0.3) is 0 Å². The van der Waals surface area contributed by atoms with Gasteiger partial charge in [0.05, 0.1) is 42.5 Å². The molecule has 0 saturated heterocycles. The predicted molar refractivity (Wildman–Crippen MR) is 153 cm³/mol. The Morgan fingerprint density at radius 1 is 0.923 bits per heavy atom. The number of methoxy groups -OCH3 is 1. The van der Waals surface area contributed by atoms with Gasteiger partial charge < -0.3 is 19.5 Å². The number of benzene rings is 3. The molecule has 0 spiro atoms. The Hall–Kier alpha value is -4.78. The summed E-state index contributed by atoms with van der Waals surface area (Å²) in [6.07, 6.45) is 2.06. The first-order valence-electron chi connectivity index (χ1n) is 13.0. The molecule has 0 saturated carbocycles. The molecule has 1 aliphatic heterocycles. The average molecular weight is 518 g/mol. The van der Waals surface area contributed by atoms with Crippen LogP contribution in [0.15, 0.2) is 91.1 Å². The summed E-state index contributed by atoms with van der Waals surface area (Å²) in [7, 11) is 1.61. The number of nitrogens with one attached hydrogen (secondary N) is 1. The zero-order valence-corrected chi connectivity index (χ0v) is 22.6. The van der Waals surface area contributed by atoms with Crippen molar-refractivity contribution in [1.82, 2.24) is 19.2 Å². The number of aryl methyl sites for hydroxylation is 3. The lowest BCUT2D eigenvalue weighted by molar-refractivity contribution is 0.194. The number of rotatable bonds is 4. The van der Waals surface area contributed by atoms with Crippen LogP contribution in [-0.2, 0) is 6.54 Å². The summed E-state index contributed by atoms with van der Waals surface area (Å²) in [6.45, 7) is 6.47. The highest BCUT2D eigenvalue weighted by Crippen LogP contribution is 2.39. The van der Waals surface area contributed by atoms with E-state index in [0.29, 0.717) is 18.0 Å². The summed E-state index contributed by atoms with van der Waals surface area (Å²) < 4.78 is 9.72. The molecule has 7 nitrogen and oxygen atoms in total. The number of hydrogen-bond donors (Lipinski definition) is 1. The Morgan fingerprint density at radius 2 is 1.72 bits per heavy atom. The average Bonchev–Trinajstić information content (AvgIpc) is 3.49. The molecule has 3 aromatic carbocycles. The van der Waals surface area contributed by atoms with Crippen LogP contribution in [0.4, 0.5) is 10.5 Å². The standard InChI is InChI=1S/C32H31N5O2/c1-21-10-8-11-24(18-21)30-28-14-9-17-35(28)31-26(23(3)34-37(31)25-12-6-5-7-13-25)20-36(30)32(38)33-27-19-22(2)15-16-29(27)39-4/h5-19,30H,20H2,1-4H3,(H,33,38). The third-order valence-electron chi connectivity index (χ3n) is 7.30. The van der Waals surface area contributed by atoms with Gasteiger partial charge in [-0.15, -0.1) is 0 Å². The molecule has 2 amide bonds. The van der Waals surface area contributed by atoms with E-state index in [4.69, 9.17) is 9.84 Å². The predicted octanol–water partition coefficient (Wildman–Crippen LogP) is 6.73. The number of carbonyl (C=O) groups excluding carboxylic acids is 1. The van der Waals surface area contributed by atoms with Crippen molar-refractivity contribution in [3.63, 3.8) is 0 Å². The minimum atomic E-state index is -0.327. The van der Waals surface area contributed by atoms with Crippen LogP contribution >= 0.6 is 0 Å². The molecule has 7 heteroatoms. The summed E-state index contributed by atoms with van der Waals surface area (Å²) in [5.74, 6) is 1.56. The fraction of sp³-hybridized carbons (Fsp3) is 0.188. The fourth-order valence-corrected chi connectivity index (χ4v) is 5.45. The quantitative estimate of drug-likeness (QED) is 0.287. The first-order valence-corrected chi connectivity index (χ1v) is 13.0. The highest BCUT2D eigenvalue weighted by Gasteiger charge is 2.36. The molecule has 0 bridgehead atoms. The van der Waals surface area contributed by atoms with Crippen molar-refractivity contribution in [3.8, 4) is 17.3 Å². The van der Waals surface area contributed by atoms with Crippen molar-refractivity contribution >= 4 is 11.7 Å². The number of anilines is 1. The van der Waals surface area contributed by atoms with Crippen LogP contribution in [0.3, 0.4) is 0 Å². The van der Waals surface area contributed by atoms with Crippen LogP contribution in [0.2, 0.25) is 0 Å². The summed E-state index contributed by atoms with van der Waals surface area (Å²) in [4.78, 5) is 16.1. The highest BCUT2D eigenvalue weighted by molar-refractivity contribution is 5.92. The van der Waals surface area contributed by atoms with Crippen LogP contribution in [0.1, 0.15) is 39.7 Å². The van der Waals surface area contributed by atoms with E-state index >= 15 is 0 Å². The lowest BCUT2D eigenvalue weighted by Crippen LogP contribution is -2.38. The molecule has 6 rings (SSSR count). The van der Waals surface area contributed by atoms with E-state index < -0.39 is 0 Å². The molecule has 1 aliphatic rings. The highest BCUT2D eigenvalue weighted by atomic mass is 16.5. The normalized spacial score (nSPS) is 14.4. The summed E-state index contributed by atoms with van der Waals surface area (Å²) in [5.41, 5.74) is 7.69. The topological polar surface area (TPSA) is 64.3 Å². The Labute approximate surface area is 228 Å². The van der Waals surface area contributed by atoms with Gasteiger partial charge in [0.1, 0.15) is 11.6 Å². The minimum Gasteiger partial charge on any atom is -0.495 e. The SMILES string of the molecule is COc1ccc(C)cc1NC(=O)N1Cc2c(C)nn(-c3ccccc3)c2-n2cccc2C1c1cccc(C)c1. The van der Waals surface area contributed by atoms with Gasteiger partial charge in [0.15, 0.2) is 0 Å². The first kappa shape index (κ1) is 24.6. The molecule has 0 aliphatic carbocycles. The number of hydrogen-bond acceptors (Lipinski definition) is 3. The zero-order valence-electron chi connectivity index (χ0n) is 22.6. The second-order valence-corrected chi connectivity index (χ2v) is 10.0. The number of fused-ring (bicyclic) bond motifs is 3. The maximum atomic E-state index is 14.2. The van der Waals surface area contributed by atoms with Crippen molar-refractivity contribution in [2.75, 3.05) is 12.4 Å². The largest absolute Gasteiger partial charge is 0.495 e. The van der Waals surface area contributed by atoms with E-state index in [1.165, 1.54) is 0 Å². The Morgan fingerprint density at radius 3 is 2.49 bits per heavy atom. The lowest BCUT2D eigenvalue weighted by Gasteiger charge is -2.31. The second-order valence-electron chi connectivity index (χ2n) is 10.0. The van der Waals surface area contributed by atoms with E-state index in [0.717, 1.165) is 45.1 Å². The van der Waals surface area contributed by atoms with Gasteiger partial charge >= 0.3 is 6.03 Å². The van der Waals surface area contributed by atoms with E-state index in [1.807, 2.05) is 84.1 Å². The number of carbonyl (C=O) groups is 1. The monoisotopic (exact) mass is 517 g/mol. The van der Waals surface area contributed by atoms with Gasteiger partial charge in [-0.25, -0.2) is 9.48 Å². The van der Waals surface area contributed by atoms with Crippen LogP contribution in [0.25, 0.3) is 11.5 Å². The van der Waals surface area contributed by atoms with Crippen molar-refractivity contribution in [3.05, 3.63) is 125 Å². The molecule has 1 N–H and O–H groups in total. The van der Waals surface area contributed by atoms with Crippen molar-refractivity contribution < 1.29 is 9.53 Å². The fourth-order valence-electron chi connectivity index (χ4n) is 5.45. The van der Waals surface area contributed by atoms with Gasteiger partial charge in [-0.1, -0.05) is 54.1 Å². The van der Waals surface area contributed by atoms with Crippen LogP contribution in [-0.4, -0.2) is 32.4 Å². The Bertz CT molecular complexity index is 1670. The molecule has 2 aromatic heterocycles. The minimum absolute atomic E-state index is 0.210. The van der Waals surface area contributed by atoms with E-state index in [9.17, 15) is 4.79 Å². The summed E-state index contributed by atoms with van der Waals surface area (Å²) in [5, 5.41) is 8.08. The Kier molecular flexibility index (Phi) is 6.19. The van der Waals surface area contributed by atoms with Crippen molar-refractivity contribution in [1.29, 1.82) is 0 Å². The van der Waals surface area contributed by atoms with Crippen LogP contribution in [0, 0.1) is 20.8 Å². The third-order valence-corrected chi connectivity index (χ3v) is 7.30. The van der Waals surface area contributed by atoms with E-state index in [1.54, 1.807) is 7.11 Å². The van der Waals surface area contributed by atoms with Crippen LogP contribution in [0.5, 0.6) is 5.75 Å². The Balaban J connectivity index is 1.54. The third kappa shape index (κ3) is 4.36. The number of nitrogens with zero attached hydrogens (tertiary/aromatic N) is 4. The molecule has 1 unspecified atom stereocenters. The van der Waals surface area contributed by atoms with Crippen LogP contribution < -0.4 is 10.1 Å². The molecule has 1 atom stereocenters. The van der Waals surface area contributed by atoms with Crippen molar-refractivity contribution in [2.24, 2.45) is 0 Å². The summed E-state index contributed by atoms with van der Waals surface area (Å²) >= 11 is 0. The molecule has 5 aromatic rings. The number of urea groups is 1. The molecule has 0 fully saturated rings. The molecule has 3 heterocycles. The van der Waals surface area contributed by atoms with Gasteiger partial charge in [-0.3, -0.25) is 0 Å². The summed E-state index contributed by atoms with van der Waals surface area (Å²) in [6, 6.07) is 27.9. The van der Waals surface area contributed by atoms with Gasteiger partial charge in [0, 0.05) is 11.8 Å². The molecule has 39 heavy (non-hydrogen) atoms. The second kappa shape index (κ2) is 9.83. The van der Waals surface area contributed by atoms with Gasteiger partial charge in [0.2, 0.25) is 0 Å². The molecule has 0 radical (unpaired) electrons.